The van der Waals surface area contributed by atoms with Gasteiger partial charge in [0.1, 0.15) is 5.75 Å². The fraction of sp³-hybridized carbons (Fsp3) is 0.533. The van der Waals surface area contributed by atoms with Crippen LogP contribution in [0.3, 0.4) is 0 Å². The molecule has 2 N–H and O–H groups in total. The van der Waals surface area contributed by atoms with E-state index < -0.39 is 6.09 Å². The molecule has 1 amide bonds. The number of methoxy groups -OCH3 is 1. The Bertz CT molecular complexity index is 459. The summed E-state index contributed by atoms with van der Waals surface area (Å²) < 4.78 is 5.15. The third kappa shape index (κ3) is 2.88. The van der Waals surface area contributed by atoms with E-state index >= 15 is 0 Å². The largest absolute Gasteiger partial charge is 0.497 e. The van der Waals surface area contributed by atoms with Crippen LogP contribution in [-0.4, -0.2) is 48.0 Å². The van der Waals surface area contributed by atoms with Gasteiger partial charge in [-0.25, -0.2) is 4.79 Å². The summed E-state index contributed by atoms with van der Waals surface area (Å²) in [5, 5.41) is 18.7. The van der Waals surface area contributed by atoms with E-state index in [2.05, 4.69) is 0 Å². The van der Waals surface area contributed by atoms with Crippen molar-refractivity contribution in [1.82, 2.24) is 4.90 Å². The van der Waals surface area contributed by atoms with Crippen molar-refractivity contribution in [1.29, 1.82) is 0 Å². The predicted molar refractivity (Wildman–Crippen MR) is 75.1 cm³/mol. The van der Waals surface area contributed by atoms with E-state index in [0.29, 0.717) is 13.1 Å². The van der Waals surface area contributed by atoms with Crippen LogP contribution in [0.15, 0.2) is 24.3 Å². The molecule has 1 aliphatic rings. The normalized spacial score (nSPS) is 26.4. The van der Waals surface area contributed by atoms with Crippen molar-refractivity contribution in [2.45, 2.75) is 12.8 Å². The Morgan fingerprint density at radius 2 is 2.00 bits per heavy atom. The third-order valence-electron chi connectivity index (χ3n) is 4.09. The van der Waals surface area contributed by atoms with E-state index in [-0.39, 0.29) is 24.4 Å². The van der Waals surface area contributed by atoms with Gasteiger partial charge in [0.05, 0.1) is 7.11 Å². The van der Waals surface area contributed by atoms with Gasteiger partial charge in [0, 0.05) is 25.6 Å². The van der Waals surface area contributed by atoms with Crippen LogP contribution < -0.4 is 4.74 Å². The highest BCUT2D eigenvalue weighted by molar-refractivity contribution is 5.65. The van der Waals surface area contributed by atoms with Crippen LogP contribution in [-0.2, 0) is 0 Å². The fourth-order valence-electron chi connectivity index (χ4n) is 3.15. The van der Waals surface area contributed by atoms with Gasteiger partial charge in [-0.05, 0) is 29.5 Å². The van der Waals surface area contributed by atoms with Crippen LogP contribution in [0.1, 0.15) is 18.4 Å². The molecule has 1 aromatic rings. The molecule has 1 heterocycles. The number of piperidine rings is 1. The first-order chi connectivity index (χ1) is 9.56. The van der Waals surface area contributed by atoms with Gasteiger partial charge in [-0.2, -0.15) is 0 Å². The summed E-state index contributed by atoms with van der Waals surface area (Å²) in [6.07, 6.45) is -0.913. The molecule has 0 aliphatic carbocycles. The molecule has 3 atom stereocenters. The van der Waals surface area contributed by atoms with Gasteiger partial charge in [0.15, 0.2) is 0 Å². The van der Waals surface area contributed by atoms with E-state index in [9.17, 15) is 9.90 Å². The highest BCUT2D eigenvalue weighted by Crippen LogP contribution is 2.37. The highest BCUT2D eigenvalue weighted by Gasteiger charge is 2.36. The summed E-state index contributed by atoms with van der Waals surface area (Å²) in [5.41, 5.74) is 1.13. The molecule has 110 valence electrons. The number of rotatable bonds is 3. The minimum atomic E-state index is -0.913. The average Bonchev–Trinajstić information content (AvgIpc) is 2.46. The second kappa shape index (κ2) is 6.13. The Morgan fingerprint density at radius 1 is 1.35 bits per heavy atom. The van der Waals surface area contributed by atoms with Gasteiger partial charge < -0.3 is 19.8 Å². The zero-order chi connectivity index (χ0) is 14.7. The summed E-state index contributed by atoms with van der Waals surface area (Å²) in [5.74, 6) is 1.07. The molecule has 5 nitrogen and oxygen atoms in total. The van der Waals surface area contributed by atoms with Crippen LogP contribution in [0.25, 0.3) is 0 Å². The Morgan fingerprint density at radius 3 is 2.50 bits per heavy atom. The van der Waals surface area contributed by atoms with Crippen LogP contribution in [0.4, 0.5) is 4.79 Å². The molecular weight excluding hydrogens is 258 g/mol. The summed E-state index contributed by atoms with van der Waals surface area (Å²) in [6.45, 7) is 2.91. The molecule has 1 aromatic carbocycles. The molecule has 3 unspecified atom stereocenters. The van der Waals surface area contributed by atoms with E-state index in [1.54, 1.807) is 7.11 Å². The molecule has 0 radical (unpaired) electrons. The number of aliphatic hydroxyl groups is 1. The number of amides is 1. The fourth-order valence-corrected chi connectivity index (χ4v) is 3.15. The van der Waals surface area contributed by atoms with Crippen molar-refractivity contribution in [2.75, 3.05) is 26.8 Å². The molecule has 1 aliphatic heterocycles. The molecule has 2 rings (SSSR count). The lowest BCUT2D eigenvalue weighted by Crippen LogP contribution is -2.47. The van der Waals surface area contributed by atoms with Gasteiger partial charge in [-0.3, -0.25) is 0 Å². The van der Waals surface area contributed by atoms with Crippen molar-refractivity contribution in [3.63, 3.8) is 0 Å². The van der Waals surface area contributed by atoms with Crippen LogP contribution in [0, 0.1) is 11.8 Å². The molecule has 0 spiro atoms. The first kappa shape index (κ1) is 14.7. The smallest absolute Gasteiger partial charge is 0.407 e. The Labute approximate surface area is 118 Å². The lowest BCUT2D eigenvalue weighted by atomic mass is 9.75. The summed E-state index contributed by atoms with van der Waals surface area (Å²) in [6, 6.07) is 7.80. The van der Waals surface area contributed by atoms with E-state index in [0.717, 1.165) is 11.3 Å². The maximum absolute atomic E-state index is 11.1. The monoisotopic (exact) mass is 279 g/mol. The summed E-state index contributed by atoms with van der Waals surface area (Å²) in [4.78, 5) is 12.5. The maximum Gasteiger partial charge on any atom is 0.407 e. The Kier molecular flexibility index (Phi) is 4.49. The lowest BCUT2D eigenvalue weighted by Gasteiger charge is -2.41. The topological polar surface area (TPSA) is 70.0 Å². The maximum atomic E-state index is 11.1. The lowest BCUT2D eigenvalue weighted by molar-refractivity contribution is 0.0644. The van der Waals surface area contributed by atoms with E-state index in [1.807, 2.05) is 31.2 Å². The zero-order valence-corrected chi connectivity index (χ0v) is 11.8. The van der Waals surface area contributed by atoms with Crippen LogP contribution in [0.2, 0.25) is 0 Å². The minimum absolute atomic E-state index is 0.00911. The van der Waals surface area contributed by atoms with Crippen molar-refractivity contribution >= 4 is 6.09 Å². The molecule has 1 fully saturated rings. The standard InChI is InChI=1S/C15H21NO4/c1-10-7-16(15(18)19)8-12(9-17)14(10)11-3-5-13(20-2)6-4-11/h3-6,10,12,14,17H,7-9H2,1-2H3,(H,18,19). The molecule has 0 saturated carbocycles. The molecule has 5 heteroatoms. The van der Waals surface area contributed by atoms with Gasteiger partial charge in [-0.1, -0.05) is 19.1 Å². The van der Waals surface area contributed by atoms with E-state index in [4.69, 9.17) is 9.84 Å². The third-order valence-corrected chi connectivity index (χ3v) is 4.09. The number of hydrogen-bond acceptors (Lipinski definition) is 3. The molecule has 20 heavy (non-hydrogen) atoms. The van der Waals surface area contributed by atoms with Crippen LogP contribution in [0.5, 0.6) is 5.75 Å². The SMILES string of the molecule is COc1ccc(C2C(C)CN(C(=O)O)CC2CO)cc1. The van der Waals surface area contributed by atoms with Crippen molar-refractivity contribution < 1.29 is 19.7 Å². The summed E-state index contributed by atoms with van der Waals surface area (Å²) in [7, 11) is 1.62. The Balaban J connectivity index is 2.22. The first-order valence-electron chi connectivity index (χ1n) is 6.79. The quantitative estimate of drug-likeness (QED) is 0.888. The molecule has 1 saturated heterocycles. The number of benzene rings is 1. The number of aliphatic hydroxyl groups excluding tert-OH is 1. The summed E-state index contributed by atoms with van der Waals surface area (Å²) >= 11 is 0. The number of ether oxygens (including phenoxy) is 1. The first-order valence-corrected chi connectivity index (χ1v) is 6.79. The van der Waals surface area contributed by atoms with Crippen LogP contribution >= 0.6 is 0 Å². The van der Waals surface area contributed by atoms with E-state index in [1.165, 1.54) is 4.90 Å². The number of carbonyl (C=O) groups is 1. The van der Waals surface area contributed by atoms with Crippen molar-refractivity contribution in [3.8, 4) is 5.75 Å². The second-order valence-electron chi connectivity index (χ2n) is 5.41. The predicted octanol–water partition coefficient (Wildman–Crippen LogP) is 2.02. The van der Waals surface area contributed by atoms with Crippen molar-refractivity contribution in [3.05, 3.63) is 29.8 Å². The Hall–Kier alpha value is -1.75. The van der Waals surface area contributed by atoms with Gasteiger partial charge in [-0.15, -0.1) is 0 Å². The number of likely N-dealkylation sites (tertiary alicyclic amines) is 1. The zero-order valence-electron chi connectivity index (χ0n) is 11.8. The van der Waals surface area contributed by atoms with Gasteiger partial charge in [0.25, 0.3) is 0 Å². The van der Waals surface area contributed by atoms with Gasteiger partial charge in [0.2, 0.25) is 0 Å². The van der Waals surface area contributed by atoms with Crippen molar-refractivity contribution in [2.24, 2.45) is 11.8 Å². The number of carboxylic acid groups (broad SMARTS) is 1. The molecule has 0 bridgehead atoms. The van der Waals surface area contributed by atoms with Gasteiger partial charge >= 0.3 is 6.09 Å². The minimum Gasteiger partial charge on any atom is -0.497 e. The second-order valence-corrected chi connectivity index (χ2v) is 5.41. The number of nitrogens with zero attached hydrogens (tertiary/aromatic N) is 1. The molecular formula is C15H21NO4. The highest BCUT2D eigenvalue weighted by atomic mass is 16.5. The number of hydrogen-bond donors (Lipinski definition) is 2. The average molecular weight is 279 g/mol. The molecule has 0 aromatic heterocycles.